The second-order valence-electron chi connectivity index (χ2n) is 5.98. The molecule has 0 saturated carbocycles. The topological polar surface area (TPSA) is 55.1 Å². The zero-order valence-corrected chi connectivity index (χ0v) is 12.7. The molecule has 0 saturated heterocycles. The molecule has 1 aliphatic carbocycles. The van der Waals surface area contributed by atoms with Gasteiger partial charge in [0.15, 0.2) is 0 Å². The third-order valence-corrected chi connectivity index (χ3v) is 4.57. The van der Waals surface area contributed by atoms with Crippen molar-refractivity contribution in [2.75, 3.05) is 6.54 Å². The van der Waals surface area contributed by atoms with Gasteiger partial charge in [0.05, 0.1) is 6.42 Å². The molecule has 1 amide bonds. The lowest BCUT2D eigenvalue weighted by Crippen LogP contribution is -2.49. The van der Waals surface area contributed by atoms with Gasteiger partial charge in [-0.3, -0.25) is 4.79 Å². The lowest BCUT2D eigenvalue weighted by Gasteiger charge is -2.26. The van der Waals surface area contributed by atoms with Gasteiger partial charge in [0, 0.05) is 12.1 Å². The summed E-state index contributed by atoms with van der Waals surface area (Å²) in [6, 6.07) is 6.45. The third-order valence-electron chi connectivity index (χ3n) is 4.57. The molecule has 0 spiro atoms. The van der Waals surface area contributed by atoms with E-state index >= 15 is 0 Å². The van der Waals surface area contributed by atoms with Crippen LogP contribution < -0.4 is 11.1 Å². The summed E-state index contributed by atoms with van der Waals surface area (Å²) < 4.78 is 0. The summed E-state index contributed by atoms with van der Waals surface area (Å²) in [6.07, 6.45) is 5.79. The van der Waals surface area contributed by atoms with Crippen LogP contribution in [0.15, 0.2) is 18.2 Å². The minimum absolute atomic E-state index is 0.0691. The van der Waals surface area contributed by atoms with Gasteiger partial charge in [-0.05, 0) is 48.8 Å². The molecule has 0 fully saturated rings. The van der Waals surface area contributed by atoms with Crippen molar-refractivity contribution in [2.24, 2.45) is 5.73 Å². The van der Waals surface area contributed by atoms with Crippen molar-refractivity contribution in [2.45, 2.75) is 57.9 Å². The molecule has 3 heteroatoms. The van der Waals surface area contributed by atoms with Crippen LogP contribution in [0.1, 0.15) is 49.8 Å². The molecule has 2 rings (SSSR count). The average molecular weight is 274 g/mol. The highest BCUT2D eigenvalue weighted by molar-refractivity contribution is 5.78. The zero-order chi connectivity index (χ0) is 14.6. The Labute approximate surface area is 121 Å². The molecule has 3 N–H and O–H groups in total. The van der Waals surface area contributed by atoms with E-state index in [9.17, 15) is 4.79 Å². The molecule has 0 aliphatic heterocycles. The predicted octanol–water partition coefficient (Wildman–Crippen LogP) is 2.35. The van der Waals surface area contributed by atoms with E-state index in [1.54, 1.807) is 0 Å². The quantitative estimate of drug-likeness (QED) is 0.836. The number of hydrogen-bond donors (Lipinski definition) is 2. The van der Waals surface area contributed by atoms with E-state index in [0.717, 1.165) is 24.8 Å². The van der Waals surface area contributed by atoms with E-state index in [4.69, 9.17) is 5.73 Å². The highest BCUT2D eigenvalue weighted by Crippen LogP contribution is 2.23. The van der Waals surface area contributed by atoms with Crippen LogP contribution in [0.4, 0.5) is 0 Å². The maximum Gasteiger partial charge on any atom is 0.224 e. The fourth-order valence-electron chi connectivity index (χ4n) is 2.76. The average Bonchev–Trinajstić information content (AvgIpc) is 2.92. The summed E-state index contributed by atoms with van der Waals surface area (Å²) in [6.45, 7) is 4.69. The van der Waals surface area contributed by atoms with Gasteiger partial charge in [-0.25, -0.2) is 0 Å². The lowest BCUT2D eigenvalue weighted by atomic mass is 9.94. The minimum Gasteiger partial charge on any atom is -0.354 e. The molecular formula is C17H26N2O. The van der Waals surface area contributed by atoms with Crippen LogP contribution in [0.5, 0.6) is 0 Å². The number of rotatable bonds is 6. The first kappa shape index (κ1) is 15.0. The van der Waals surface area contributed by atoms with E-state index in [2.05, 4.69) is 37.4 Å². The third kappa shape index (κ3) is 3.60. The van der Waals surface area contributed by atoms with Crippen LogP contribution >= 0.6 is 0 Å². The smallest absolute Gasteiger partial charge is 0.224 e. The van der Waals surface area contributed by atoms with E-state index in [0.29, 0.717) is 13.0 Å². The largest absolute Gasteiger partial charge is 0.354 e. The number of benzene rings is 1. The molecule has 3 nitrogen and oxygen atoms in total. The van der Waals surface area contributed by atoms with Gasteiger partial charge in [-0.2, -0.15) is 0 Å². The Hall–Kier alpha value is -1.35. The van der Waals surface area contributed by atoms with Crippen molar-refractivity contribution in [3.63, 3.8) is 0 Å². The molecular weight excluding hydrogens is 248 g/mol. The van der Waals surface area contributed by atoms with E-state index in [-0.39, 0.29) is 11.4 Å². The monoisotopic (exact) mass is 274 g/mol. The van der Waals surface area contributed by atoms with Gasteiger partial charge in [0.1, 0.15) is 0 Å². The fraction of sp³-hybridized carbons (Fsp3) is 0.588. The number of nitrogens with one attached hydrogen (secondary N) is 1. The molecule has 0 unspecified atom stereocenters. The van der Waals surface area contributed by atoms with Crippen LogP contribution in [0.25, 0.3) is 0 Å². The second kappa shape index (κ2) is 6.40. The number of amides is 1. The Kier molecular flexibility index (Phi) is 4.81. The molecule has 0 heterocycles. The number of carbonyl (C=O) groups excluding carboxylic acids is 1. The normalized spacial score (nSPS) is 14.2. The molecule has 1 aliphatic rings. The Morgan fingerprint density at radius 3 is 2.65 bits per heavy atom. The maximum absolute atomic E-state index is 12.0. The zero-order valence-electron chi connectivity index (χ0n) is 12.7. The van der Waals surface area contributed by atoms with Gasteiger partial charge < -0.3 is 11.1 Å². The van der Waals surface area contributed by atoms with Crippen molar-refractivity contribution in [3.05, 3.63) is 34.9 Å². The standard InChI is InChI=1S/C17H26N2O/c1-3-17(18,4-2)12-19-16(20)11-13-8-9-14-6-5-7-15(14)10-13/h8-10H,3-7,11-12,18H2,1-2H3,(H,19,20). The van der Waals surface area contributed by atoms with E-state index in [1.807, 2.05) is 0 Å². The molecule has 0 aromatic heterocycles. The molecule has 0 bridgehead atoms. The SMILES string of the molecule is CCC(N)(CC)CNC(=O)Cc1ccc2c(c1)CCC2. The molecule has 110 valence electrons. The lowest BCUT2D eigenvalue weighted by molar-refractivity contribution is -0.120. The van der Waals surface area contributed by atoms with Crippen LogP contribution in [0.2, 0.25) is 0 Å². The number of fused-ring (bicyclic) bond motifs is 1. The summed E-state index contributed by atoms with van der Waals surface area (Å²) >= 11 is 0. The first-order valence-electron chi connectivity index (χ1n) is 7.72. The highest BCUT2D eigenvalue weighted by atomic mass is 16.1. The molecule has 0 radical (unpaired) electrons. The van der Waals surface area contributed by atoms with Gasteiger partial charge >= 0.3 is 0 Å². The minimum atomic E-state index is -0.270. The first-order valence-corrected chi connectivity index (χ1v) is 7.72. The van der Waals surface area contributed by atoms with E-state index in [1.165, 1.54) is 24.0 Å². The van der Waals surface area contributed by atoms with Gasteiger partial charge in [-0.15, -0.1) is 0 Å². The van der Waals surface area contributed by atoms with Gasteiger partial charge in [0.2, 0.25) is 5.91 Å². The Morgan fingerprint density at radius 2 is 1.95 bits per heavy atom. The van der Waals surface area contributed by atoms with Crippen LogP contribution in [0, 0.1) is 0 Å². The Balaban J connectivity index is 1.89. The number of nitrogens with two attached hydrogens (primary N) is 1. The summed E-state index contributed by atoms with van der Waals surface area (Å²) in [7, 11) is 0. The summed E-state index contributed by atoms with van der Waals surface area (Å²) in [5.41, 5.74) is 9.91. The Morgan fingerprint density at radius 1 is 1.25 bits per heavy atom. The van der Waals surface area contributed by atoms with E-state index < -0.39 is 0 Å². The number of aryl methyl sites for hydroxylation is 2. The molecule has 1 aromatic carbocycles. The number of hydrogen-bond acceptors (Lipinski definition) is 2. The first-order chi connectivity index (χ1) is 9.56. The van der Waals surface area contributed by atoms with Gasteiger partial charge in [-0.1, -0.05) is 32.0 Å². The predicted molar refractivity (Wildman–Crippen MR) is 82.7 cm³/mol. The summed E-state index contributed by atoms with van der Waals surface area (Å²) in [5.74, 6) is 0.0691. The fourth-order valence-corrected chi connectivity index (χ4v) is 2.76. The second-order valence-corrected chi connectivity index (χ2v) is 5.98. The maximum atomic E-state index is 12.0. The van der Waals surface area contributed by atoms with Crippen molar-refractivity contribution in [3.8, 4) is 0 Å². The van der Waals surface area contributed by atoms with Crippen LogP contribution in [-0.2, 0) is 24.1 Å². The van der Waals surface area contributed by atoms with Gasteiger partial charge in [0.25, 0.3) is 0 Å². The van der Waals surface area contributed by atoms with Crippen molar-refractivity contribution in [1.29, 1.82) is 0 Å². The molecule has 1 aromatic rings. The van der Waals surface area contributed by atoms with Crippen molar-refractivity contribution < 1.29 is 4.79 Å². The molecule has 0 atom stereocenters. The highest BCUT2D eigenvalue weighted by Gasteiger charge is 2.21. The van der Waals surface area contributed by atoms with Crippen LogP contribution in [-0.4, -0.2) is 18.0 Å². The van der Waals surface area contributed by atoms with Crippen LogP contribution in [0.3, 0.4) is 0 Å². The Bertz CT molecular complexity index is 478. The molecule has 20 heavy (non-hydrogen) atoms. The number of carbonyl (C=O) groups is 1. The van der Waals surface area contributed by atoms with Crippen molar-refractivity contribution in [1.82, 2.24) is 5.32 Å². The summed E-state index contributed by atoms with van der Waals surface area (Å²) in [4.78, 5) is 12.0. The van der Waals surface area contributed by atoms with Crippen molar-refractivity contribution >= 4 is 5.91 Å². The summed E-state index contributed by atoms with van der Waals surface area (Å²) in [5, 5.41) is 2.98.